The Labute approximate surface area is 101 Å². The minimum absolute atomic E-state index is 0.179. The van der Waals surface area contributed by atoms with Gasteiger partial charge < -0.3 is 10.4 Å². The third kappa shape index (κ3) is 7.20. The first-order valence-electron chi connectivity index (χ1n) is 6.54. The van der Waals surface area contributed by atoms with Crippen molar-refractivity contribution in [2.45, 2.75) is 59.0 Å². The molecule has 0 aromatic heterocycles. The summed E-state index contributed by atoms with van der Waals surface area (Å²) in [7, 11) is 0. The molecule has 0 saturated heterocycles. The van der Waals surface area contributed by atoms with Crippen LogP contribution in [-0.2, 0) is 0 Å². The number of nitrogens with zero attached hydrogens (tertiary/aromatic N) is 1. The van der Waals surface area contributed by atoms with Crippen molar-refractivity contribution in [1.82, 2.24) is 10.2 Å². The molecular weight excluding hydrogens is 200 g/mol. The molecule has 0 spiro atoms. The molecule has 0 bridgehead atoms. The SMILES string of the molecule is CCC(CC)N(CCO)CCNC(C)(C)C. The highest BCUT2D eigenvalue weighted by molar-refractivity contribution is 4.74. The van der Waals surface area contributed by atoms with E-state index < -0.39 is 0 Å². The molecule has 0 saturated carbocycles. The van der Waals surface area contributed by atoms with E-state index in [2.05, 4.69) is 44.8 Å². The van der Waals surface area contributed by atoms with Crippen LogP contribution in [0.25, 0.3) is 0 Å². The highest BCUT2D eigenvalue weighted by Gasteiger charge is 2.15. The van der Waals surface area contributed by atoms with Crippen LogP contribution in [-0.4, -0.2) is 47.8 Å². The minimum Gasteiger partial charge on any atom is -0.395 e. The number of hydrogen-bond acceptors (Lipinski definition) is 3. The first-order valence-corrected chi connectivity index (χ1v) is 6.54. The van der Waals surface area contributed by atoms with Crippen LogP contribution in [0, 0.1) is 0 Å². The molecule has 0 rings (SSSR count). The van der Waals surface area contributed by atoms with Gasteiger partial charge in [-0.2, -0.15) is 0 Å². The van der Waals surface area contributed by atoms with Crippen molar-refractivity contribution >= 4 is 0 Å². The van der Waals surface area contributed by atoms with Crippen LogP contribution in [0.15, 0.2) is 0 Å². The van der Waals surface area contributed by atoms with Crippen molar-refractivity contribution in [3.05, 3.63) is 0 Å². The molecule has 0 heterocycles. The van der Waals surface area contributed by atoms with Gasteiger partial charge in [-0.15, -0.1) is 0 Å². The molecule has 0 aliphatic carbocycles. The summed E-state index contributed by atoms with van der Waals surface area (Å²) in [4.78, 5) is 2.39. The number of aliphatic hydroxyl groups excluding tert-OH is 1. The Balaban J connectivity index is 4.02. The summed E-state index contributed by atoms with van der Waals surface area (Å²) in [6.45, 7) is 14.0. The average molecular weight is 230 g/mol. The second-order valence-electron chi connectivity index (χ2n) is 5.41. The van der Waals surface area contributed by atoms with Gasteiger partial charge in [-0.05, 0) is 33.6 Å². The van der Waals surface area contributed by atoms with Gasteiger partial charge in [0.25, 0.3) is 0 Å². The smallest absolute Gasteiger partial charge is 0.0558 e. The van der Waals surface area contributed by atoms with Crippen LogP contribution in [0.3, 0.4) is 0 Å². The van der Waals surface area contributed by atoms with Crippen molar-refractivity contribution in [3.8, 4) is 0 Å². The fraction of sp³-hybridized carbons (Fsp3) is 1.00. The maximum absolute atomic E-state index is 9.07. The first-order chi connectivity index (χ1) is 7.44. The molecule has 2 N–H and O–H groups in total. The molecule has 0 amide bonds. The van der Waals surface area contributed by atoms with E-state index in [1.54, 1.807) is 0 Å². The average Bonchev–Trinajstić information content (AvgIpc) is 2.17. The molecule has 3 heteroatoms. The summed E-state index contributed by atoms with van der Waals surface area (Å²) in [5.74, 6) is 0. The molecule has 0 unspecified atom stereocenters. The number of hydrogen-bond donors (Lipinski definition) is 2. The summed E-state index contributed by atoms with van der Waals surface area (Å²) >= 11 is 0. The van der Waals surface area contributed by atoms with Crippen molar-refractivity contribution < 1.29 is 5.11 Å². The van der Waals surface area contributed by atoms with Gasteiger partial charge in [0.1, 0.15) is 0 Å². The van der Waals surface area contributed by atoms with Crippen LogP contribution in [0.2, 0.25) is 0 Å². The van der Waals surface area contributed by atoms with Gasteiger partial charge in [0, 0.05) is 31.2 Å². The van der Waals surface area contributed by atoms with Gasteiger partial charge in [-0.25, -0.2) is 0 Å². The first kappa shape index (κ1) is 15.9. The van der Waals surface area contributed by atoms with Crippen LogP contribution in [0.1, 0.15) is 47.5 Å². The maximum atomic E-state index is 9.07. The molecule has 0 aliphatic heterocycles. The van der Waals surface area contributed by atoms with Crippen molar-refractivity contribution in [1.29, 1.82) is 0 Å². The predicted octanol–water partition coefficient (Wildman–Crippen LogP) is 1.86. The lowest BCUT2D eigenvalue weighted by molar-refractivity contribution is 0.141. The molecular formula is C13H30N2O. The third-order valence-electron chi connectivity index (χ3n) is 2.90. The van der Waals surface area contributed by atoms with Gasteiger partial charge >= 0.3 is 0 Å². The van der Waals surface area contributed by atoms with E-state index in [4.69, 9.17) is 5.11 Å². The molecule has 98 valence electrons. The minimum atomic E-state index is 0.179. The normalized spacial score (nSPS) is 12.8. The maximum Gasteiger partial charge on any atom is 0.0558 e. The van der Waals surface area contributed by atoms with E-state index in [1.165, 1.54) is 0 Å². The molecule has 0 fully saturated rings. The van der Waals surface area contributed by atoms with Crippen molar-refractivity contribution in [3.63, 3.8) is 0 Å². The second-order valence-corrected chi connectivity index (χ2v) is 5.41. The summed E-state index contributed by atoms with van der Waals surface area (Å²) in [6.07, 6.45) is 2.32. The number of nitrogens with one attached hydrogen (secondary N) is 1. The summed E-state index contributed by atoms with van der Waals surface area (Å²) in [5, 5.41) is 12.6. The molecule has 0 radical (unpaired) electrons. The molecule has 0 aromatic carbocycles. The largest absolute Gasteiger partial charge is 0.395 e. The standard InChI is InChI=1S/C13H30N2O/c1-6-12(7-2)15(10-11-16)9-8-14-13(3,4)5/h12,14,16H,6-11H2,1-5H3. The van der Waals surface area contributed by atoms with E-state index in [-0.39, 0.29) is 12.1 Å². The van der Waals surface area contributed by atoms with Gasteiger partial charge in [-0.1, -0.05) is 13.8 Å². The van der Waals surface area contributed by atoms with E-state index >= 15 is 0 Å². The molecule has 0 atom stereocenters. The van der Waals surface area contributed by atoms with E-state index in [0.717, 1.165) is 32.5 Å². The Kier molecular flexibility index (Phi) is 7.98. The Hall–Kier alpha value is -0.120. The van der Waals surface area contributed by atoms with Crippen LogP contribution in [0.4, 0.5) is 0 Å². The quantitative estimate of drug-likeness (QED) is 0.668. The lowest BCUT2D eigenvalue weighted by Gasteiger charge is -2.31. The fourth-order valence-electron chi connectivity index (χ4n) is 1.98. The predicted molar refractivity (Wildman–Crippen MR) is 70.8 cm³/mol. The fourth-order valence-corrected chi connectivity index (χ4v) is 1.98. The van der Waals surface area contributed by atoms with Crippen LogP contribution < -0.4 is 5.32 Å². The Morgan fingerprint density at radius 1 is 1.12 bits per heavy atom. The lowest BCUT2D eigenvalue weighted by atomic mass is 10.1. The summed E-state index contributed by atoms with van der Waals surface area (Å²) in [5.41, 5.74) is 0.179. The Morgan fingerprint density at radius 2 is 1.69 bits per heavy atom. The van der Waals surface area contributed by atoms with E-state index in [9.17, 15) is 0 Å². The van der Waals surface area contributed by atoms with Gasteiger partial charge in [0.15, 0.2) is 0 Å². The lowest BCUT2D eigenvalue weighted by Crippen LogP contribution is -2.45. The molecule has 0 aromatic rings. The Morgan fingerprint density at radius 3 is 2.06 bits per heavy atom. The van der Waals surface area contributed by atoms with Gasteiger partial charge in [-0.3, -0.25) is 4.90 Å². The zero-order valence-corrected chi connectivity index (χ0v) is 11.7. The van der Waals surface area contributed by atoms with Crippen molar-refractivity contribution in [2.75, 3.05) is 26.2 Å². The highest BCUT2D eigenvalue weighted by atomic mass is 16.3. The topological polar surface area (TPSA) is 35.5 Å². The summed E-state index contributed by atoms with van der Waals surface area (Å²) in [6, 6.07) is 0.605. The molecule has 16 heavy (non-hydrogen) atoms. The zero-order valence-electron chi connectivity index (χ0n) is 11.7. The number of rotatable bonds is 8. The summed E-state index contributed by atoms with van der Waals surface area (Å²) < 4.78 is 0. The molecule has 3 nitrogen and oxygen atoms in total. The van der Waals surface area contributed by atoms with Crippen LogP contribution >= 0.6 is 0 Å². The zero-order chi connectivity index (χ0) is 12.6. The van der Waals surface area contributed by atoms with Crippen LogP contribution in [0.5, 0.6) is 0 Å². The molecule has 0 aliphatic rings. The van der Waals surface area contributed by atoms with Gasteiger partial charge in [0.05, 0.1) is 6.61 Å². The third-order valence-corrected chi connectivity index (χ3v) is 2.90. The van der Waals surface area contributed by atoms with E-state index in [0.29, 0.717) is 6.04 Å². The highest BCUT2D eigenvalue weighted by Crippen LogP contribution is 2.07. The second kappa shape index (κ2) is 8.04. The Bertz CT molecular complexity index is 162. The monoisotopic (exact) mass is 230 g/mol. The van der Waals surface area contributed by atoms with E-state index in [1.807, 2.05) is 0 Å². The van der Waals surface area contributed by atoms with Crippen molar-refractivity contribution in [2.24, 2.45) is 0 Å². The number of aliphatic hydroxyl groups is 1. The van der Waals surface area contributed by atoms with Gasteiger partial charge in [0.2, 0.25) is 0 Å².